The van der Waals surface area contributed by atoms with Crippen LogP contribution in [0.1, 0.15) is 26.7 Å². The molecule has 1 aromatic carbocycles. The summed E-state index contributed by atoms with van der Waals surface area (Å²) in [7, 11) is 1.73. The molecular formula is C17H28N4O. The minimum Gasteiger partial charge on any atom is -0.495 e. The van der Waals surface area contributed by atoms with Crippen LogP contribution >= 0.6 is 0 Å². The fraction of sp³-hybridized carbons (Fsp3) is 0.588. The maximum absolute atomic E-state index is 5.47. The molecule has 0 bridgehead atoms. The predicted octanol–water partition coefficient (Wildman–Crippen LogP) is 2.24. The number of nitrogens with one attached hydrogen (secondary N) is 2. The number of ether oxygens (including phenoxy) is 1. The molecule has 0 aliphatic carbocycles. The van der Waals surface area contributed by atoms with Crippen molar-refractivity contribution in [1.29, 1.82) is 0 Å². The SMILES string of the molecule is CCCN=C(NCC)NC1CCN(c2ccccc2OC)C1. The molecule has 1 atom stereocenters. The first kappa shape index (κ1) is 16.5. The molecule has 5 nitrogen and oxygen atoms in total. The van der Waals surface area contributed by atoms with Gasteiger partial charge >= 0.3 is 0 Å². The van der Waals surface area contributed by atoms with Crippen molar-refractivity contribution >= 4 is 11.6 Å². The Hall–Kier alpha value is -1.91. The number of benzene rings is 1. The van der Waals surface area contributed by atoms with E-state index in [2.05, 4.69) is 46.5 Å². The summed E-state index contributed by atoms with van der Waals surface area (Å²) in [6, 6.07) is 8.63. The largest absolute Gasteiger partial charge is 0.495 e. The van der Waals surface area contributed by atoms with Crippen molar-refractivity contribution in [3.05, 3.63) is 24.3 Å². The first-order valence-corrected chi connectivity index (χ1v) is 8.21. The van der Waals surface area contributed by atoms with Gasteiger partial charge < -0.3 is 20.3 Å². The molecule has 1 fully saturated rings. The average Bonchev–Trinajstić information content (AvgIpc) is 3.01. The number of para-hydroxylation sites is 2. The van der Waals surface area contributed by atoms with E-state index >= 15 is 0 Å². The Kier molecular flexibility index (Phi) is 6.37. The molecule has 1 heterocycles. The number of anilines is 1. The molecule has 2 rings (SSSR count). The average molecular weight is 304 g/mol. The summed E-state index contributed by atoms with van der Waals surface area (Å²) in [5.41, 5.74) is 1.17. The van der Waals surface area contributed by atoms with Crippen LogP contribution in [0.15, 0.2) is 29.3 Å². The number of aliphatic imine (C=N–C) groups is 1. The molecule has 2 N–H and O–H groups in total. The van der Waals surface area contributed by atoms with Gasteiger partial charge in [-0.2, -0.15) is 0 Å². The molecule has 122 valence electrons. The Morgan fingerprint density at radius 3 is 2.91 bits per heavy atom. The third-order valence-corrected chi connectivity index (χ3v) is 3.79. The van der Waals surface area contributed by atoms with E-state index in [0.29, 0.717) is 6.04 Å². The third kappa shape index (κ3) is 4.29. The van der Waals surface area contributed by atoms with Gasteiger partial charge in [0, 0.05) is 32.2 Å². The van der Waals surface area contributed by atoms with Gasteiger partial charge in [-0.25, -0.2) is 0 Å². The van der Waals surface area contributed by atoms with Crippen LogP contribution in [0.5, 0.6) is 5.75 Å². The lowest BCUT2D eigenvalue weighted by molar-refractivity contribution is 0.415. The minimum atomic E-state index is 0.416. The molecule has 0 spiro atoms. The van der Waals surface area contributed by atoms with Crippen molar-refractivity contribution in [2.75, 3.05) is 38.2 Å². The summed E-state index contributed by atoms with van der Waals surface area (Å²) < 4.78 is 5.47. The van der Waals surface area contributed by atoms with Gasteiger partial charge in [-0.15, -0.1) is 0 Å². The third-order valence-electron chi connectivity index (χ3n) is 3.79. The van der Waals surface area contributed by atoms with E-state index in [1.54, 1.807) is 7.11 Å². The van der Waals surface area contributed by atoms with Crippen molar-refractivity contribution in [2.45, 2.75) is 32.7 Å². The van der Waals surface area contributed by atoms with Gasteiger partial charge in [-0.05, 0) is 31.9 Å². The molecule has 0 radical (unpaired) electrons. The first-order valence-electron chi connectivity index (χ1n) is 8.21. The van der Waals surface area contributed by atoms with E-state index in [1.165, 1.54) is 5.69 Å². The summed E-state index contributed by atoms with van der Waals surface area (Å²) in [6.45, 7) is 7.99. The molecule has 0 aromatic heterocycles. The molecule has 0 amide bonds. The second kappa shape index (κ2) is 8.51. The topological polar surface area (TPSA) is 48.9 Å². The van der Waals surface area contributed by atoms with E-state index in [4.69, 9.17) is 4.74 Å². The normalized spacial score (nSPS) is 18.4. The number of methoxy groups -OCH3 is 1. The van der Waals surface area contributed by atoms with E-state index < -0.39 is 0 Å². The molecule has 1 saturated heterocycles. The molecule has 22 heavy (non-hydrogen) atoms. The summed E-state index contributed by atoms with van der Waals surface area (Å²) in [5, 5.41) is 6.86. The predicted molar refractivity (Wildman–Crippen MR) is 93.0 cm³/mol. The molecule has 1 aliphatic heterocycles. The lowest BCUT2D eigenvalue weighted by atomic mass is 10.2. The second-order valence-electron chi connectivity index (χ2n) is 5.51. The monoisotopic (exact) mass is 304 g/mol. The number of nitrogens with zero attached hydrogens (tertiary/aromatic N) is 2. The van der Waals surface area contributed by atoms with E-state index in [9.17, 15) is 0 Å². The standard InChI is InChI=1S/C17H28N4O/c1-4-11-19-17(18-5-2)20-14-10-12-21(13-14)15-8-6-7-9-16(15)22-3/h6-9,14H,4-5,10-13H2,1-3H3,(H2,18,19,20). The first-order chi connectivity index (χ1) is 10.8. The summed E-state index contributed by atoms with van der Waals surface area (Å²) in [5.74, 6) is 1.87. The number of guanidine groups is 1. The minimum absolute atomic E-state index is 0.416. The van der Waals surface area contributed by atoms with Gasteiger partial charge in [0.25, 0.3) is 0 Å². The Morgan fingerprint density at radius 1 is 1.36 bits per heavy atom. The maximum atomic E-state index is 5.47. The van der Waals surface area contributed by atoms with Gasteiger partial charge in [0.2, 0.25) is 0 Å². The Labute approximate surface area is 133 Å². The van der Waals surface area contributed by atoms with Crippen LogP contribution in [-0.4, -0.2) is 45.3 Å². The molecule has 1 aromatic rings. The van der Waals surface area contributed by atoms with Gasteiger partial charge in [-0.1, -0.05) is 19.1 Å². The van der Waals surface area contributed by atoms with E-state index in [1.807, 2.05) is 12.1 Å². The molecule has 1 unspecified atom stereocenters. The number of hydrogen-bond acceptors (Lipinski definition) is 3. The summed E-state index contributed by atoms with van der Waals surface area (Å²) >= 11 is 0. The van der Waals surface area contributed by atoms with Crippen LogP contribution in [0.3, 0.4) is 0 Å². The quantitative estimate of drug-likeness (QED) is 0.625. The van der Waals surface area contributed by atoms with Gasteiger partial charge in [0.05, 0.1) is 12.8 Å². The Bertz CT molecular complexity index is 489. The smallest absolute Gasteiger partial charge is 0.191 e. The van der Waals surface area contributed by atoms with Crippen molar-refractivity contribution in [3.63, 3.8) is 0 Å². The van der Waals surface area contributed by atoms with Gasteiger partial charge in [-0.3, -0.25) is 4.99 Å². The summed E-state index contributed by atoms with van der Waals surface area (Å²) in [6.07, 6.45) is 2.17. The fourth-order valence-corrected chi connectivity index (χ4v) is 2.72. The zero-order chi connectivity index (χ0) is 15.8. The molecule has 1 aliphatic rings. The highest BCUT2D eigenvalue weighted by Crippen LogP contribution is 2.30. The van der Waals surface area contributed by atoms with E-state index in [-0.39, 0.29) is 0 Å². The fourth-order valence-electron chi connectivity index (χ4n) is 2.72. The molecule has 5 heteroatoms. The highest BCUT2D eigenvalue weighted by molar-refractivity contribution is 5.80. The lowest BCUT2D eigenvalue weighted by Crippen LogP contribution is -2.44. The van der Waals surface area contributed by atoms with Crippen LogP contribution in [0.2, 0.25) is 0 Å². The highest BCUT2D eigenvalue weighted by atomic mass is 16.5. The zero-order valence-electron chi connectivity index (χ0n) is 13.9. The summed E-state index contributed by atoms with van der Waals surface area (Å²) in [4.78, 5) is 6.95. The molecular weight excluding hydrogens is 276 g/mol. The second-order valence-corrected chi connectivity index (χ2v) is 5.51. The van der Waals surface area contributed by atoms with Gasteiger partial charge in [0.15, 0.2) is 5.96 Å². The van der Waals surface area contributed by atoms with Crippen molar-refractivity contribution < 1.29 is 4.74 Å². The van der Waals surface area contributed by atoms with E-state index in [0.717, 1.165) is 50.7 Å². The van der Waals surface area contributed by atoms with Crippen molar-refractivity contribution in [3.8, 4) is 5.75 Å². The number of rotatable bonds is 6. The highest BCUT2D eigenvalue weighted by Gasteiger charge is 2.25. The van der Waals surface area contributed by atoms with Crippen LogP contribution in [0, 0.1) is 0 Å². The van der Waals surface area contributed by atoms with Gasteiger partial charge in [0.1, 0.15) is 5.75 Å². The lowest BCUT2D eigenvalue weighted by Gasteiger charge is -2.22. The Morgan fingerprint density at radius 2 is 2.18 bits per heavy atom. The van der Waals surface area contributed by atoms with Crippen LogP contribution < -0.4 is 20.3 Å². The Balaban J connectivity index is 1.97. The van der Waals surface area contributed by atoms with Crippen LogP contribution in [-0.2, 0) is 0 Å². The van der Waals surface area contributed by atoms with Crippen molar-refractivity contribution in [1.82, 2.24) is 10.6 Å². The van der Waals surface area contributed by atoms with Crippen molar-refractivity contribution in [2.24, 2.45) is 4.99 Å². The van der Waals surface area contributed by atoms with Crippen LogP contribution in [0.4, 0.5) is 5.69 Å². The zero-order valence-corrected chi connectivity index (χ0v) is 13.9. The molecule has 0 saturated carbocycles. The maximum Gasteiger partial charge on any atom is 0.191 e. The van der Waals surface area contributed by atoms with Crippen LogP contribution in [0.25, 0.3) is 0 Å². The number of hydrogen-bond donors (Lipinski definition) is 2.